The molecule has 0 saturated carbocycles. The van der Waals surface area contributed by atoms with Crippen LogP contribution in [0.1, 0.15) is 60.9 Å². The van der Waals surface area contributed by atoms with Crippen LogP contribution >= 0.6 is 0 Å². The first-order valence-electron chi connectivity index (χ1n) is 10.7. The van der Waals surface area contributed by atoms with Crippen molar-refractivity contribution in [2.24, 2.45) is 0 Å². The molecule has 0 amide bonds. The Morgan fingerprint density at radius 3 is 2.30 bits per heavy atom. The minimum absolute atomic E-state index is 0.00366. The Labute approximate surface area is 197 Å². The number of rotatable bonds is 7. The number of cyclic esters (lactones) is 1. The molecule has 0 bridgehead atoms. The van der Waals surface area contributed by atoms with Crippen molar-refractivity contribution < 1.29 is 37.3 Å². The number of benzene rings is 1. The van der Waals surface area contributed by atoms with Crippen LogP contribution in [0.5, 0.6) is 11.5 Å². The highest BCUT2D eigenvalue weighted by Crippen LogP contribution is 2.40. The summed E-state index contributed by atoms with van der Waals surface area (Å²) < 4.78 is 43.4. The molecule has 33 heavy (non-hydrogen) atoms. The van der Waals surface area contributed by atoms with Crippen molar-refractivity contribution in [3.8, 4) is 11.5 Å². The van der Waals surface area contributed by atoms with E-state index in [0.29, 0.717) is 6.04 Å². The normalized spacial score (nSPS) is 16.1. The number of hydrogen-bond donors (Lipinski definition) is 1. The number of ether oxygens (including phenoxy) is 3. The van der Waals surface area contributed by atoms with Gasteiger partial charge in [0.25, 0.3) is 0 Å². The first kappa shape index (κ1) is 27.1. The molecule has 1 aliphatic rings. The van der Waals surface area contributed by atoms with E-state index in [4.69, 9.17) is 14.2 Å². The largest absolute Gasteiger partial charge is 0.507 e. The lowest BCUT2D eigenvalue weighted by molar-refractivity contribution is -0.127. The lowest BCUT2D eigenvalue weighted by Crippen LogP contribution is -2.40. The Bertz CT molecular complexity index is 1050. The maximum atomic E-state index is 13.0. The van der Waals surface area contributed by atoms with Crippen molar-refractivity contribution in [3.05, 3.63) is 22.8 Å². The van der Waals surface area contributed by atoms with Gasteiger partial charge < -0.3 is 19.3 Å². The summed E-state index contributed by atoms with van der Waals surface area (Å²) in [5, 5.41) is 10.7. The molecule has 186 valence electrons. The zero-order chi connectivity index (χ0) is 25.6. The molecule has 0 fully saturated rings. The van der Waals surface area contributed by atoms with Crippen molar-refractivity contribution >= 4 is 30.0 Å². The van der Waals surface area contributed by atoms with Gasteiger partial charge in [0.05, 0.1) is 5.75 Å². The van der Waals surface area contributed by atoms with Crippen LogP contribution in [0.15, 0.2) is 6.07 Å². The average Bonchev–Trinajstić information content (AvgIpc) is 2.55. The summed E-state index contributed by atoms with van der Waals surface area (Å²) in [5.41, 5.74) is -1.32. The smallest absolute Gasteiger partial charge is 0.345 e. The molecule has 2 rings (SSSR count). The summed E-state index contributed by atoms with van der Waals surface area (Å²) >= 11 is 0. The molecular formula is C22H35NO8SSi. The summed E-state index contributed by atoms with van der Waals surface area (Å²) in [4.78, 5) is 25.9. The van der Waals surface area contributed by atoms with Crippen molar-refractivity contribution in [1.29, 1.82) is 0 Å². The first-order chi connectivity index (χ1) is 14.7. The number of aromatic hydroxyl groups is 1. The topological polar surface area (TPSA) is 119 Å². The molecule has 0 radical (unpaired) electrons. The highest BCUT2D eigenvalue weighted by Gasteiger charge is 2.40. The number of nitrogens with zero attached hydrogens (tertiary/aromatic N) is 1. The third kappa shape index (κ3) is 6.94. The van der Waals surface area contributed by atoms with E-state index in [2.05, 4.69) is 19.6 Å². The van der Waals surface area contributed by atoms with E-state index >= 15 is 0 Å². The van der Waals surface area contributed by atoms with E-state index in [1.54, 1.807) is 20.8 Å². The van der Waals surface area contributed by atoms with E-state index in [0.717, 1.165) is 10.4 Å². The van der Waals surface area contributed by atoms with Gasteiger partial charge in [-0.1, -0.05) is 19.6 Å². The van der Waals surface area contributed by atoms with Crippen molar-refractivity contribution in [1.82, 2.24) is 4.31 Å². The van der Waals surface area contributed by atoms with Crippen LogP contribution in [-0.4, -0.2) is 62.0 Å². The second-order valence-corrected chi connectivity index (χ2v) is 18.7. The van der Waals surface area contributed by atoms with Crippen LogP contribution < -0.4 is 4.74 Å². The van der Waals surface area contributed by atoms with Gasteiger partial charge in [0.1, 0.15) is 28.2 Å². The highest BCUT2D eigenvalue weighted by molar-refractivity contribution is 7.89. The molecule has 1 aliphatic heterocycles. The molecule has 0 aromatic heterocycles. The minimum atomic E-state index is -3.71. The quantitative estimate of drug-likeness (QED) is 0.443. The lowest BCUT2D eigenvalue weighted by Gasteiger charge is -2.34. The zero-order valence-corrected chi connectivity index (χ0v) is 22.7. The number of sulfonamides is 1. The number of phenols is 1. The van der Waals surface area contributed by atoms with Gasteiger partial charge in [-0.2, -0.15) is 0 Å². The van der Waals surface area contributed by atoms with E-state index in [1.165, 1.54) is 20.9 Å². The van der Waals surface area contributed by atoms with Crippen LogP contribution in [0.4, 0.5) is 0 Å². The number of carbonyl (C=O) groups excluding carboxylic acids is 2. The number of fused-ring (bicyclic) bond motifs is 1. The second-order valence-electron chi connectivity index (χ2n) is 10.9. The van der Waals surface area contributed by atoms with Crippen molar-refractivity contribution in [2.75, 3.05) is 12.8 Å². The Balaban J connectivity index is 2.61. The van der Waals surface area contributed by atoms with Crippen LogP contribution in [-0.2, 0) is 26.0 Å². The fraction of sp³-hybridized carbons (Fsp3) is 0.636. The lowest BCUT2D eigenvalue weighted by atomic mass is 9.97. The van der Waals surface area contributed by atoms with Gasteiger partial charge in [-0.15, -0.1) is 0 Å². The molecule has 1 aromatic rings. The summed E-state index contributed by atoms with van der Waals surface area (Å²) in [5.74, 6) is -3.50. The zero-order valence-electron chi connectivity index (χ0n) is 20.9. The number of phenolic OH excluding ortho intramolecular Hbond substituents is 1. The summed E-state index contributed by atoms with van der Waals surface area (Å²) in [6.45, 7) is 13.9. The fourth-order valence-corrected chi connectivity index (χ4v) is 7.31. The van der Waals surface area contributed by atoms with E-state index < -0.39 is 47.2 Å². The van der Waals surface area contributed by atoms with Crippen LogP contribution in [0.25, 0.3) is 0 Å². The van der Waals surface area contributed by atoms with Gasteiger partial charge in [0.15, 0.2) is 0 Å². The second kappa shape index (κ2) is 8.92. The van der Waals surface area contributed by atoms with Crippen LogP contribution in [0.3, 0.4) is 0 Å². The molecule has 1 aromatic carbocycles. The number of esters is 2. The van der Waals surface area contributed by atoms with Gasteiger partial charge in [-0.3, -0.25) is 0 Å². The molecule has 1 N–H and O–H groups in total. The Morgan fingerprint density at radius 2 is 1.79 bits per heavy atom. The summed E-state index contributed by atoms with van der Waals surface area (Å²) in [6, 6.07) is 1.70. The van der Waals surface area contributed by atoms with E-state index in [-0.39, 0.29) is 34.7 Å². The number of carbonyl (C=O) groups is 2. The van der Waals surface area contributed by atoms with Gasteiger partial charge >= 0.3 is 11.9 Å². The molecule has 0 saturated heterocycles. The first-order valence-corrected chi connectivity index (χ1v) is 16.0. The monoisotopic (exact) mass is 501 g/mol. The maximum absolute atomic E-state index is 13.0. The number of hydrogen-bond acceptors (Lipinski definition) is 8. The Kier molecular flexibility index (Phi) is 7.33. The van der Waals surface area contributed by atoms with Gasteiger partial charge in [-0.05, 0) is 26.8 Å². The molecule has 0 spiro atoms. The SMILES string of the molecule is CN(Cc1c(C(=O)OC(C)(C)C)c(O)cc2c1C(=O)OC(C)(C)O2)S(=O)(=O)CC[Si](C)(C)C. The molecule has 1 heterocycles. The third-order valence-corrected chi connectivity index (χ3v) is 8.75. The fourth-order valence-electron chi connectivity index (χ4n) is 3.19. The molecule has 9 nitrogen and oxygen atoms in total. The van der Waals surface area contributed by atoms with Gasteiger partial charge in [0.2, 0.25) is 15.8 Å². The molecular weight excluding hydrogens is 466 g/mol. The molecule has 11 heteroatoms. The Morgan fingerprint density at radius 1 is 1.21 bits per heavy atom. The molecule has 0 unspecified atom stereocenters. The average molecular weight is 502 g/mol. The highest BCUT2D eigenvalue weighted by atomic mass is 32.2. The van der Waals surface area contributed by atoms with Crippen LogP contribution in [0.2, 0.25) is 25.7 Å². The minimum Gasteiger partial charge on any atom is -0.507 e. The van der Waals surface area contributed by atoms with Crippen molar-refractivity contribution in [3.63, 3.8) is 0 Å². The van der Waals surface area contributed by atoms with Gasteiger partial charge in [-0.25, -0.2) is 22.3 Å². The van der Waals surface area contributed by atoms with Gasteiger partial charge in [0, 0.05) is 47.1 Å². The predicted molar refractivity (Wildman–Crippen MR) is 127 cm³/mol. The predicted octanol–water partition coefficient (Wildman–Crippen LogP) is 3.73. The maximum Gasteiger partial charge on any atom is 0.345 e. The van der Waals surface area contributed by atoms with Crippen LogP contribution in [0, 0.1) is 0 Å². The standard InChI is InChI=1S/C22H35NO8SSi/c1-21(2,3)30-19(25)17-14(13-23(6)32(27,28)10-11-33(7,8)9)18-16(12-15(17)24)29-22(4,5)31-20(18)26/h12,24H,10-11,13H2,1-9H3. The third-order valence-electron chi connectivity index (χ3n) is 4.84. The molecule has 0 atom stereocenters. The summed E-state index contributed by atoms with van der Waals surface area (Å²) in [6.07, 6.45) is 0. The van der Waals surface area contributed by atoms with Crippen molar-refractivity contribution in [2.45, 2.75) is 78.2 Å². The van der Waals surface area contributed by atoms with E-state index in [1.807, 2.05) is 0 Å². The molecule has 0 aliphatic carbocycles. The van der Waals surface area contributed by atoms with E-state index in [9.17, 15) is 23.1 Å². The summed E-state index contributed by atoms with van der Waals surface area (Å²) in [7, 11) is -3.97. The Hall–Kier alpha value is -2.11.